The van der Waals surface area contributed by atoms with Crippen LogP contribution in [0.25, 0.3) is 10.1 Å². The fraction of sp³-hybridized carbons (Fsp3) is 0.286. The van der Waals surface area contributed by atoms with E-state index in [1.807, 2.05) is 0 Å². The number of amides is 1. The summed E-state index contributed by atoms with van der Waals surface area (Å²) in [6.45, 7) is 3.11. The molecule has 7 heteroatoms. The average Bonchev–Trinajstić information content (AvgIpc) is 2.77. The van der Waals surface area contributed by atoms with E-state index in [-0.39, 0.29) is 19.1 Å². The molecule has 0 bridgehead atoms. The Morgan fingerprint density at radius 1 is 1.43 bits per heavy atom. The van der Waals surface area contributed by atoms with Crippen LogP contribution in [-0.2, 0) is 16.1 Å². The highest BCUT2D eigenvalue weighted by molar-refractivity contribution is 7.24. The maximum Gasteiger partial charge on any atom is 0.341 e. The summed E-state index contributed by atoms with van der Waals surface area (Å²) < 4.78 is 5.67. The molecule has 0 spiro atoms. The molecule has 0 aliphatic carbocycles. The Morgan fingerprint density at radius 2 is 2.14 bits per heavy atom. The molecule has 0 saturated heterocycles. The van der Waals surface area contributed by atoms with Gasteiger partial charge in [-0.1, -0.05) is 23.7 Å². The van der Waals surface area contributed by atoms with E-state index >= 15 is 0 Å². The summed E-state index contributed by atoms with van der Waals surface area (Å²) in [5.74, 6) is -0.800. The molecule has 0 fully saturated rings. The predicted molar refractivity (Wildman–Crippen MR) is 83.0 cm³/mol. The molecule has 0 aliphatic rings. The molecule has 0 unspecified atom stereocenters. The van der Waals surface area contributed by atoms with Crippen LogP contribution in [0.4, 0.5) is 5.00 Å². The number of benzene rings is 1. The van der Waals surface area contributed by atoms with Crippen LogP contribution in [0.3, 0.4) is 0 Å². The molecular weight excluding hydrogens is 314 g/mol. The second kappa shape index (κ2) is 6.43. The molecule has 0 saturated carbocycles. The second-order valence-electron chi connectivity index (χ2n) is 4.28. The molecule has 21 heavy (non-hydrogen) atoms. The van der Waals surface area contributed by atoms with E-state index in [1.165, 1.54) is 18.3 Å². The molecule has 0 atom stereocenters. The van der Waals surface area contributed by atoms with Gasteiger partial charge >= 0.3 is 5.97 Å². The van der Waals surface area contributed by atoms with Gasteiger partial charge in [0.05, 0.1) is 22.9 Å². The highest BCUT2D eigenvalue weighted by atomic mass is 35.5. The number of thiophene rings is 1. The van der Waals surface area contributed by atoms with Crippen LogP contribution in [0.2, 0.25) is 5.02 Å². The van der Waals surface area contributed by atoms with E-state index in [1.54, 1.807) is 19.1 Å². The summed E-state index contributed by atoms with van der Waals surface area (Å²) in [7, 11) is 0. The van der Waals surface area contributed by atoms with Gasteiger partial charge in [-0.05, 0) is 12.5 Å². The first-order valence-electron chi connectivity index (χ1n) is 6.29. The predicted octanol–water partition coefficient (Wildman–Crippen LogP) is 3.18. The van der Waals surface area contributed by atoms with E-state index < -0.39 is 5.97 Å². The Bertz CT molecular complexity index is 711. The van der Waals surface area contributed by atoms with Crippen molar-refractivity contribution in [1.82, 2.24) is 0 Å². The fourth-order valence-corrected chi connectivity index (χ4v) is 3.48. The van der Waals surface area contributed by atoms with Crippen molar-refractivity contribution in [3.05, 3.63) is 28.3 Å². The Hall–Kier alpha value is -1.63. The van der Waals surface area contributed by atoms with E-state index in [0.29, 0.717) is 31.2 Å². The lowest BCUT2D eigenvalue weighted by atomic mass is 10.1. The highest BCUT2D eigenvalue weighted by Gasteiger charge is 2.23. The van der Waals surface area contributed by atoms with Gasteiger partial charge in [0.15, 0.2) is 0 Å². The quantitative estimate of drug-likeness (QED) is 0.846. The fourth-order valence-electron chi connectivity index (χ4n) is 1.94. The molecular formula is C14H14ClNO4S. The van der Waals surface area contributed by atoms with Crippen molar-refractivity contribution in [2.75, 3.05) is 11.9 Å². The van der Waals surface area contributed by atoms with Gasteiger partial charge in [0, 0.05) is 12.3 Å². The molecule has 1 heterocycles. The third kappa shape index (κ3) is 3.02. The summed E-state index contributed by atoms with van der Waals surface area (Å²) in [5.41, 5.74) is 0.855. The first-order valence-corrected chi connectivity index (χ1v) is 7.48. The molecule has 2 aromatic rings. The molecule has 112 valence electrons. The number of esters is 1. The number of aliphatic hydroxyl groups is 1. The first-order chi connectivity index (χ1) is 9.99. The minimum atomic E-state index is -0.514. The van der Waals surface area contributed by atoms with Crippen LogP contribution in [0.1, 0.15) is 29.8 Å². The molecule has 1 aromatic heterocycles. The number of halogens is 1. The number of hydrogen-bond donors (Lipinski definition) is 2. The Balaban J connectivity index is 2.69. The number of carbonyl (C=O) groups excluding carboxylic acids is 2. The van der Waals surface area contributed by atoms with E-state index in [2.05, 4.69) is 5.32 Å². The number of fused-ring (bicyclic) bond motifs is 1. The molecule has 2 N–H and O–H groups in total. The lowest BCUT2D eigenvalue weighted by molar-refractivity contribution is -0.114. The zero-order valence-electron chi connectivity index (χ0n) is 11.5. The molecule has 0 radical (unpaired) electrons. The van der Waals surface area contributed by atoms with Gasteiger partial charge in [-0.3, -0.25) is 4.79 Å². The van der Waals surface area contributed by atoms with Gasteiger partial charge in [-0.15, -0.1) is 11.3 Å². The van der Waals surface area contributed by atoms with Crippen molar-refractivity contribution in [3.63, 3.8) is 0 Å². The van der Waals surface area contributed by atoms with Crippen LogP contribution in [0.5, 0.6) is 0 Å². The maximum atomic E-state index is 12.1. The molecule has 2 rings (SSSR count). The van der Waals surface area contributed by atoms with E-state index in [0.717, 1.165) is 0 Å². The standard InChI is InChI=1S/C14H14ClNO4S/c1-3-20-14(19)10-9-5-4-8(6-17)11(15)12(9)21-13(10)16-7(2)18/h4-5,17H,3,6H2,1-2H3,(H,16,18). The topological polar surface area (TPSA) is 75.6 Å². The van der Waals surface area contributed by atoms with Crippen LogP contribution >= 0.6 is 22.9 Å². The van der Waals surface area contributed by atoms with Gasteiger partial charge in [-0.2, -0.15) is 0 Å². The number of nitrogens with one attached hydrogen (secondary N) is 1. The zero-order valence-corrected chi connectivity index (χ0v) is 13.1. The lowest BCUT2D eigenvalue weighted by Crippen LogP contribution is -2.10. The molecule has 1 aromatic carbocycles. The van der Waals surface area contributed by atoms with Crippen molar-refractivity contribution >= 4 is 49.9 Å². The Morgan fingerprint density at radius 3 is 2.71 bits per heavy atom. The lowest BCUT2D eigenvalue weighted by Gasteiger charge is -2.05. The van der Waals surface area contributed by atoms with Gasteiger partial charge < -0.3 is 15.2 Å². The zero-order chi connectivity index (χ0) is 15.6. The van der Waals surface area contributed by atoms with Gasteiger partial charge in [0.25, 0.3) is 0 Å². The van der Waals surface area contributed by atoms with Crippen LogP contribution in [-0.4, -0.2) is 23.6 Å². The summed E-state index contributed by atoms with van der Waals surface area (Å²) >= 11 is 7.42. The van der Waals surface area contributed by atoms with E-state index in [4.69, 9.17) is 16.3 Å². The summed E-state index contributed by atoms with van der Waals surface area (Å²) in [5, 5.41) is 13.3. The maximum absolute atomic E-state index is 12.1. The summed E-state index contributed by atoms with van der Waals surface area (Å²) in [4.78, 5) is 23.4. The largest absolute Gasteiger partial charge is 0.462 e. The number of rotatable bonds is 4. The monoisotopic (exact) mass is 327 g/mol. The molecule has 5 nitrogen and oxygen atoms in total. The third-order valence-electron chi connectivity index (χ3n) is 2.82. The van der Waals surface area contributed by atoms with Crippen LogP contribution in [0.15, 0.2) is 12.1 Å². The average molecular weight is 328 g/mol. The minimum absolute atomic E-state index is 0.198. The smallest absolute Gasteiger partial charge is 0.341 e. The first kappa shape index (κ1) is 15.8. The van der Waals surface area contributed by atoms with Gasteiger partial charge in [0.1, 0.15) is 10.6 Å². The molecule has 1 amide bonds. The van der Waals surface area contributed by atoms with E-state index in [9.17, 15) is 14.7 Å². The highest BCUT2D eigenvalue weighted by Crippen LogP contribution is 2.41. The van der Waals surface area contributed by atoms with Crippen molar-refractivity contribution in [2.45, 2.75) is 20.5 Å². The van der Waals surface area contributed by atoms with Crippen molar-refractivity contribution in [2.24, 2.45) is 0 Å². The number of aliphatic hydroxyl groups excluding tert-OH is 1. The summed E-state index contributed by atoms with van der Waals surface area (Å²) in [6.07, 6.45) is 0. The normalized spacial score (nSPS) is 10.7. The third-order valence-corrected chi connectivity index (χ3v) is 4.50. The van der Waals surface area contributed by atoms with Crippen LogP contribution < -0.4 is 5.32 Å². The van der Waals surface area contributed by atoms with Crippen molar-refractivity contribution in [1.29, 1.82) is 0 Å². The second-order valence-corrected chi connectivity index (χ2v) is 5.68. The number of carbonyl (C=O) groups is 2. The Kier molecular flexibility index (Phi) is 4.82. The molecule has 0 aliphatic heterocycles. The number of anilines is 1. The van der Waals surface area contributed by atoms with Gasteiger partial charge in [0.2, 0.25) is 5.91 Å². The summed E-state index contributed by atoms with van der Waals surface area (Å²) in [6, 6.07) is 3.35. The SMILES string of the molecule is CCOC(=O)c1c(NC(C)=O)sc2c(Cl)c(CO)ccc12. The number of hydrogen-bond acceptors (Lipinski definition) is 5. The minimum Gasteiger partial charge on any atom is -0.462 e. The van der Waals surface area contributed by atoms with Crippen LogP contribution in [0, 0.1) is 0 Å². The van der Waals surface area contributed by atoms with Crippen molar-refractivity contribution < 1.29 is 19.4 Å². The number of ether oxygens (including phenoxy) is 1. The van der Waals surface area contributed by atoms with Crippen molar-refractivity contribution in [3.8, 4) is 0 Å². The van der Waals surface area contributed by atoms with Gasteiger partial charge in [-0.25, -0.2) is 4.79 Å². The Labute approximate surface area is 130 Å².